The van der Waals surface area contributed by atoms with Crippen molar-refractivity contribution >= 4 is 11.7 Å². The van der Waals surface area contributed by atoms with Crippen molar-refractivity contribution in [2.45, 2.75) is 45.8 Å². The molecule has 5 N–H and O–H groups in total. The number of benzene rings is 3. The third-order valence-electron chi connectivity index (χ3n) is 6.63. The van der Waals surface area contributed by atoms with Crippen molar-refractivity contribution in [3.63, 3.8) is 0 Å². The summed E-state index contributed by atoms with van der Waals surface area (Å²) in [7, 11) is 1.66. The zero-order chi connectivity index (χ0) is 27.1. The molecule has 7 nitrogen and oxygen atoms in total. The smallest absolute Gasteiger partial charge is 0.259 e. The fourth-order valence-corrected chi connectivity index (χ4v) is 4.65. The maximum atomic E-state index is 13.8. The average Bonchev–Trinajstić information content (AvgIpc) is 2.92. The van der Waals surface area contributed by atoms with Gasteiger partial charge in [-0.15, -0.1) is 0 Å². The van der Waals surface area contributed by atoms with E-state index in [2.05, 4.69) is 6.92 Å². The predicted octanol–water partition coefficient (Wildman–Crippen LogP) is 4.90. The number of unbranched alkanes of at least 4 members (excludes halogenated alkanes) is 1. The van der Waals surface area contributed by atoms with E-state index < -0.39 is 0 Å². The Labute approximate surface area is 223 Å². The number of ether oxygens (including phenoxy) is 1. The summed E-state index contributed by atoms with van der Waals surface area (Å²) in [6.07, 6.45) is 3.01. The predicted molar refractivity (Wildman–Crippen MR) is 153 cm³/mol. The molecular formula is C31H35N5O2. The molecule has 0 saturated carbocycles. The number of hydrogen-bond donors (Lipinski definition) is 3. The lowest BCUT2D eigenvalue weighted by Crippen LogP contribution is -2.30. The van der Waals surface area contributed by atoms with Gasteiger partial charge in [0, 0.05) is 25.5 Å². The molecule has 0 unspecified atom stereocenters. The van der Waals surface area contributed by atoms with E-state index in [1.807, 2.05) is 72.8 Å². The summed E-state index contributed by atoms with van der Waals surface area (Å²) in [6.45, 7) is 3.02. The van der Waals surface area contributed by atoms with Gasteiger partial charge in [-0.05, 0) is 34.2 Å². The van der Waals surface area contributed by atoms with Crippen molar-refractivity contribution in [1.82, 2.24) is 9.55 Å². The molecule has 0 aliphatic carbocycles. The van der Waals surface area contributed by atoms with Crippen LogP contribution in [-0.4, -0.2) is 22.5 Å². The van der Waals surface area contributed by atoms with E-state index in [1.165, 1.54) is 0 Å². The highest BCUT2D eigenvalue weighted by atomic mass is 16.5. The Hall–Kier alpha value is -4.23. The number of anilines is 1. The first-order valence-electron chi connectivity index (χ1n) is 12.9. The van der Waals surface area contributed by atoms with Crippen LogP contribution in [-0.2, 0) is 30.7 Å². The normalized spacial score (nSPS) is 11.0. The van der Waals surface area contributed by atoms with Gasteiger partial charge < -0.3 is 16.2 Å². The number of aromatic nitrogens is 2. The Balaban J connectivity index is 1.68. The summed E-state index contributed by atoms with van der Waals surface area (Å²) in [5, 5.41) is 7.89. The Morgan fingerprint density at radius 3 is 2.45 bits per heavy atom. The zero-order valence-corrected chi connectivity index (χ0v) is 22.0. The standard InChI is InChI=1S/C31H35N5O2/c1-3-4-12-28-35-30(34)27(18-22-8-7-9-23(17-22)20-38-2)31(37)36(28)19-21-13-15-24(16-14-21)25-10-5-6-11-26(25)29(32)33/h5-11,13-17H,3-4,12,18-20,34H2,1-2H3,(H3,32,33). The topological polar surface area (TPSA) is 120 Å². The Kier molecular flexibility index (Phi) is 8.71. The number of nitrogens with zero attached hydrogens (tertiary/aromatic N) is 2. The Bertz CT molecular complexity index is 1470. The number of nitrogen functional groups attached to an aromatic ring is 2. The van der Waals surface area contributed by atoms with Crippen molar-refractivity contribution in [1.29, 1.82) is 5.41 Å². The molecule has 0 saturated heterocycles. The largest absolute Gasteiger partial charge is 0.384 e. The van der Waals surface area contributed by atoms with Crippen LogP contribution in [0.5, 0.6) is 0 Å². The minimum Gasteiger partial charge on any atom is -0.384 e. The number of amidine groups is 1. The first-order valence-corrected chi connectivity index (χ1v) is 12.9. The van der Waals surface area contributed by atoms with Gasteiger partial charge in [0.1, 0.15) is 17.5 Å². The molecule has 196 valence electrons. The first kappa shape index (κ1) is 26.8. The van der Waals surface area contributed by atoms with Crippen molar-refractivity contribution in [3.8, 4) is 11.1 Å². The van der Waals surface area contributed by atoms with Gasteiger partial charge in [0.05, 0.1) is 18.7 Å². The van der Waals surface area contributed by atoms with E-state index in [4.69, 9.17) is 26.6 Å². The van der Waals surface area contributed by atoms with Crippen LogP contribution < -0.4 is 17.0 Å². The van der Waals surface area contributed by atoms with E-state index >= 15 is 0 Å². The van der Waals surface area contributed by atoms with E-state index in [1.54, 1.807) is 11.7 Å². The van der Waals surface area contributed by atoms with Crippen molar-refractivity contribution in [2.24, 2.45) is 5.73 Å². The van der Waals surface area contributed by atoms with Gasteiger partial charge >= 0.3 is 0 Å². The Morgan fingerprint density at radius 1 is 1.00 bits per heavy atom. The third-order valence-corrected chi connectivity index (χ3v) is 6.63. The lowest BCUT2D eigenvalue weighted by atomic mass is 9.98. The second-order valence-electron chi connectivity index (χ2n) is 9.47. The molecule has 0 radical (unpaired) electrons. The van der Waals surface area contributed by atoms with E-state index in [0.717, 1.165) is 40.7 Å². The molecule has 0 spiro atoms. The SMILES string of the molecule is CCCCc1nc(N)c(Cc2cccc(COC)c2)c(=O)n1Cc1ccc(-c2ccccc2C(=N)N)cc1. The minimum atomic E-state index is -0.105. The molecular weight excluding hydrogens is 474 g/mol. The van der Waals surface area contributed by atoms with Gasteiger partial charge in [-0.3, -0.25) is 14.8 Å². The average molecular weight is 510 g/mol. The zero-order valence-electron chi connectivity index (χ0n) is 22.0. The third kappa shape index (κ3) is 6.18. The summed E-state index contributed by atoms with van der Waals surface area (Å²) >= 11 is 0. The van der Waals surface area contributed by atoms with Crippen molar-refractivity contribution < 1.29 is 4.74 Å². The van der Waals surface area contributed by atoms with Gasteiger partial charge in [0.15, 0.2) is 0 Å². The summed E-state index contributed by atoms with van der Waals surface area (Å²) in [5.74, 6) is 1.04. The molecule has 4 rings (SSSR count). The van der Waals surface area contributed by atoms with Crippen LogP contribution in [0.3, 0.4) is 0 Å². The number of methoxy groups -OCH3 is 1. The van der Waals surface area contributed by atoms with Gasteiger partial charge in [0.25, 0.3) is 5.56 Å². The molecule has 0 bridgehead atoms. The maximum Gasteiger partial charge on any atom is 0.259 e. The van der Waals surface area contributed by atoms with E-state index in [9.17, 15) is 4.79 Å². The number of aryl methyl sites for hydroxylation is 1. The number of nitrogens with two attached hydrogens (primary N) is 2. The molecule has 1 heterocycles. The quantitative estimate of drug-likeness (QED) is 0.196. The molecule has 1 aromatic heterocycles. The molecule has 38 heavy (non-hydrogen) atoms. The number of hydrogen-bond acceptors (Lipinski definition) is 5. The highest BCUT2D eigenvalue weighted by Gasteiger charge is 2.16. The number of nitrogens with one attached hydrogen (secondary N) is 1. The van der Waals surface area contributed by atoms with Gasteiger partial charge in [-0.25, -0.2) is 4.98 Å². The summed E-state index contributed by atoms with van der Waals surface area (Å²) in [4.78, 5) is 18.5. The maximum absolute atomic E-state index is 13.8. The number of rotatable bonds is 11. The van der Waals surface area contributed by atoms with Gasteiger partial charge in [0.2, 0.25) is 0 Å². The first-order chi connectivity index (χ1) is 18.4. The molecule has 4 aromatic rings. The van der Waals surface area contributed by atoms with Crippen LogP contribution in [0.15, 0.2) is 77.6 Å². The lowest BCUT2D eigenvalue weighted by molar-refractivity contribution is 0.185. The monoisotopic (exact) mass is 509 g/mol. The van der Waals surface area contributed by atoms with Crippen LogP contribution in [0, 0.1) is 5.41 Å². The second kappa shape index (κ2) is 12.3. The fraction of sp³-hybridized carbons (Fsp3) is 0.258. The summed E-state index contributed by atoms with van der Waals surface area (Å²) in [6, 6.07) is 23.6. The molecule has 3 aromatic carbocycles. The van der Waals surface area contributed by atoms with Crippen LogP contribution in [0.2, 0.25) is 0 Å². The van der Waals surface area contributed by atoms with Crippen LogP contribution in [0.25, 0.3) is 11.1 Å². The van der Waals surface area contributed by atoms with E-state index in [-0.39, 0.29) is 11.4 Å². The van der Waals surface area contributed by atoms with Crippen LogP contribution in [0.4, 0.5) is 5.82 Å². The van der Waals surface area contributed by atoms with Crippen LogP contribution in [0.1, 0.15) is 53.4 Å². The van der Waals surface area contributed by atoms with Crippen LogP contribution >= 0.6 is 0 Å². The minimum absolute atomic E-state index is 0.0324. The molecule has 0 amide bonds. The molecule has 7 heteroatoms. The molecule has 0 fully saturated rings. The summed E-state index contributed by atoms with van der Waals surface area (Å²) in [5.41, 5.74) is 18.1. The molecule has 0 atom stereocenters. The lowest BCUT2D eigenvalue weighted by Gasteiger charge is -2.16. The summed E-state index contributed by atoms with van der Waals surface area (Å²) < 4.78 is 7.02. The fourth-order valence-electron chi connectivity index (χ4n) is 4.65. The van der Waals surface area contributed by atoms with Gasteiger partial charge in [-0.2, -0.15) is 0 Å². The highest BCUT2D eigenvalue weighted by Crippen LogP contribution is 2.24. The van der Waals surface area contributed by atoms with E-state index in [0.29, 0.717) is 48.8 Å². The highest BCUT2D eigenvalue weighted by molar-refractivity contribution is 6.01. The molecule has 0 aliphatic heterocycles. The van der Waals surface area contributed by atoms with Crippen molar-refractivity contribution in [3.05, 3.63) is 117 Å². The van der Waals surface area contributed by atoms with Crippen molar-refractivity contribution in [2.75, 3.05) is 12.8 Å². The second-order valence-corrected chi connectivity index (χ2v) is 9.47. The molecule has 0 aliphatic rings. The van der Waals surface area contributed by atoms with Gasteiger partial charge in [-0.1, -0.05) is 86.1 Å². The Morgan fingerprint density at radius 2 is 1.74 bits per heavy atom.